The van der Waals surface area contributed by atoms with Gasteiger partial charge in [-0.05, 0) is 37.1 Å². The second kappa shape index (κ2) is 10.7. The molecule has 0 bridgehead atoms. The molecule has 9 heteroatoms. The van der Waals surface area contributed by atoms with E-state index in [9.17, 15) is 9.90 Å². The van der Waals surface area contributed by atoms with Crippen molar-refractivity contribution in [2.45, 2.75) is 45.6 Å². The molecule has 0 aliphatic rings. The fourth-order valence-corrected chi connectivity index (χ4v) is 4.14. The van der Waals surface area contributed by atoms with Crippen molar-refractivity contribution in [1.82, 2.24) is 19.7 Å². The highest BCUT2D eigenvalue weighted by Gasteiger charge is 2.26. The zero-order valence-electron chi connectivity index (χ0n) is 19.9. The predicted octanol–water partition coefficient (Wildman–Crippen LogP) is 5.20. The van der Waals surface area contributed by atoms with Crippen LogP contribution in [0.15, 0.2) is 57.7 Å². The van der Waals surface area contributed by atoms with E-state index >= 15 is 0 Å². The minimum Gasteiger partial charge on any atom is -0.496 e. The number of nitrogens with zero attached hydrogens (tertiary/aromatic N) is 4. The summed E-state index contributed by atoms with van der Waals surface area (Å²) in [5, 5.41) is 19.5. The fourth-order valence-electron chi connectivity index (χ4n) is 4.02. The molecule has 1 unspecified atom stereocenters. The molecule has 4 rings (SSSR count). The first kappa shape index (κ1) is 24.5. The van der Waals surface area contributed by atoms with Crippen LogP contribution in [0.2, 0.25) is 5.02 Å². The predicted molar refractivity (Wildman–Crippen MR) is 133 cm³/mol. The number of benzene rings is 2. The second-order valence-electron chi connectivity index (χ2n) is 8.23. The van der Waals surface area contributed by atoms with Crippen molar-refractivity contribution in [2.24, 2.45) is 0 Å². The van der Waals surface area contributed by atoms with Crippen molar-refractivity contribution in [3.8, 4) is 23.1 Å². The quantitative estimate of drug-likeness (QED) is 0.341. The van der Waals surface area contributed by atoms with Gasteiger partial charge in [0.2, 0.25) is 11.8 Å². The van der Waals surface area contributed by atoms with Crippen LogP contribution in [0.5, 0.6) is 11.6 Å². The highest BCUT2D eigenvalue weighted by Crippen LogP contribution is 2.30. The van der Waals surface area contributed by atoms with Crippen molar-refractivity contribution in [3.05, 3.63) is 86.7 Å². The van der Waals surface area contributed by atoms with Crippen molar-refractivity contribution in [2.75, 3.05) is 7.11 Å². The molecule has 1 N–H and O–H groups in total. The van der Waals surface area contributed by atoms with Crippen molar-refractivity contribution in [1.29, 1.82) is 0 Å². The molecule has 0 radical (unpaired) electrons. The normalized spacial score (nSPS) is 12.0. The average Bonchev–Trinajstić information content (AvgIpc) is 3.31. The van der Waals surface area contributed by atoms with Crippen molar-refractivity contribution < 1.29 is 14.3 Å². The van der Waals surface area contributed by atoms with Gasteiger partial charge in [-0.2, -0.15) is 4.98 Å². The number of hydrogen-bond acceptors (Lipinski definition) is 7. The molecule has 0 aliphatic heterocycles. The van der Waals surface area contributed by atoms with Crippen LogP contribution in [-0.2, 0) is 12.8 Å². The molecule has 0 amide bonds. The number of rotatable bonds is 9. The molecule has 0 fully saturated rings. The Hall–Kier alpha value is -3.65. The molecule has 0 saturated heterocycles. The molecule has 0 saturated carbocycles. The summed E-state index contributed by atoms with van der Waals surface area (Å²) in [6.45, 7) is 3.96. The highest BCUT2D eigenvalue weighted by molar-refractivity contribution is 6.30. The SMILES string of the molecule is CCCCc1nc(O)c(-c2nnc(Cc3ccc(Cl)cc3)o2)c(=O)n1C(C)c1ccccc1OC. The number of ether oxygens (including phenoxy) is 1. The summed E-state index contributed by atoms with van der Waals surface area (Å²) >= 11 is 5.95. The van der Waals surface area contributed by atoms with Crippen LogP contribution in [0.3, 0.4) is 0 Å². The minimum atomic E-state index is -0.455. The number of aromatic hydroxyl groups is 1. The Bertz CT molecular complexity index is 1360. The number of aromatic nitrogens is 4. The first-order valence-corrected chi connectivity index (χ1v) is 11.8. The third-order valence-corrected chi connectivity index (χ3v) is 6.10. The number of para-hydroxylation sites is 1. The molecule has 1 atom stereocenters. The maximum absolute atomic E-state index is 13.8. The van der Waals surface area contributed by atoms with Gasteiger partial charge in [0.15, 0.2) is 5.56 Å². The van der Waals surface area contributed by atoms with E-state index in [1.807, 2.05) is 43.3 Å². The molecule has 2 aromatic carbocycles. The van der Waals surface area contributed by atoms with Crippen LogP contribution in [-0.4, -0.2) is 32.0 Å². The molecule has 0 spiro atoms. The van der Waals surface area contributed by atoms with Gasteiger partial charge in [-0.1, -0.05) is 55.3 Å². The summed E-state index contributed by atoms with van der Waals surface area (Å²) in [6.07, 6.45) is 2.62. The Morgan fingerprint density at radius 2 is 1.89 bits per heavy atom. The lowest BCUT2D eigenvalue weighted by molar-refractivity contribution is 0.398. The number of aryl methyl sites for hydroxylation is 1. The third-order valence-electron chi connectivity index (χ3n) is 5.85. The Labute approximate surface area is 208 Å². The molecule has 2 heterocycles. The van der Waals surface area contributed by atoms with Crippen LogP contribution in [0, 0.1) is 0 Å². The lowest BCUT2D eigenvalue weighted by Gasteiger charge is -2.22. The topological polar surface area (TPSA) is 103 Å². The van der Waals surface area contributed by atoms with Crippen LogP contribution in [0.4, 0.5) is 0 Å². The summed E-state index contributed by atoms with van der Waals surface area (Å²) in [6, 6.07) is 14.4. The van der Waals surface area contributed by atoms with Gasteiger partial charge in [-0.25, -0.2) is 0 Å². The Morgan fingerprint density at radius 1 is 1.14 bits per heavy atom. The van der Waals surface area contributed by atoms with E-state index in [0.717, 1.165) is 24.0 Å². The van der Waals surface area contributed by atoms with Gasteiger partial charge in [-0.15, -0.1) is 10.2 Å². The molecular formula is C26H27ClN4O4. The fraction of sp³-hybridized carbons (Fsp3) is 0.308. The van der Waals surface area contributed by atoms with E-state index in [1.165, 1.54) is 0 Å². The van der Waals surface area contributed by atoms with E-state index < -0.39 is 17.5 Å². The zero-order chi connectivity index (χ0) is 24.9. The third kappa shape index (κ3) is 5.22. The van der Waals surface area contributed by atoms with Crippen molar-refractivity contribution >= 4 is 11.6 Å². The maximum Gasteiger partial charge on any atom is 0.270 e. The molecule has 35 heavy (non-hydrogen) atoms. The van der Waals surface area contributed by atoms with Gasteiger partial charge in [0, 0.05) is 17.0 Å². The lowest BCUT2D eigenvalue weighted by Crippen LogP contribution is -2.30. The van der Waals surface area contributed by atoms with Gasteiger partial charge in [0.25, 0.3) is 11.4 Å². The zero-order valence-corrected chi connectivity index (χ0v) is 20.6. The Balaban J connectivity index is 1.78. The molecule has 0 aliphatic carbocycles. The van der Waals surface area contributed by atoms with Crippen LogP contribution in [0.1, 0.15) is 55.6 Å². The smallest absolute Gasteiger partial charge is 0.270 e. The number of hydrogen-bond donors (Lipinski definition) is 1. The van der Waals surface area contributed by atoms with Crippen molar-refractivity contribution in [3.63, 3.8) is 0 Å². The van der Waals surface area contributed by atoms with Gasteiger partial charge < -0.3 is 14.3 Å². The lowest BCUT2D eigenvalue weighted by atomic mass is 10.1. The van der Waals surface area contributed by atoms with E-state index in [-0.39, 0.29) is 11.5 Å². The summed E-state index contributed by atoms with van der Waals surface area (Å²) in [7, 11) is 1.59. The standard InChI is InChI=1S/C26H27ClN4O4/c1-4-5-10-21-28-24(32)23(25-30-29-22(35-25)15-17-11-13-18(27)14-12-17)26(33)31(21)16(2)19-8-6-7-9-20(19)34-3/h6-9,11-14,16,32H,4-5,10,15H2,1-3H3. The number of methoxy groups -OCH3 is 1. The molecular weight excluding hydrogens is 468 g/mol. The first-order valence-electron chi connectivity index (χ1n) is 11.5. The summed E-state index contributed by atoms with van der Waals surface area (Å²) in [5.74, 6) is 0.946. The Kier molecular flexibility index (Phi) is 7.51. The number of halogens is 1. The monoisotopic (exact) mass is 494 g/mol. The van der Waals surface area contributed by atoms with Crippen LogP contribution >= 0.6 is 11.6 Å². The number of unbranched alkanes of at least 4 members (excludes halogenated alkanes) is 1. The molecule has 182 valence electrons. The molecule has 2 aromatic heterocycles. The first-order chi connectivity index (χ1) is 16.9. The summed E-state index contributed by atoms with van der Waals surface area (Å²) < 4.78 is 12.9. The van der Waals surface area contributed by atoms with E-state index in [1.54, 1.807) is 23.8 Å². The van der Waals surface area contributed by atoms with Crippen LogP contribution < -0.4 is 10.3 Å². The van der Waals surface area contributed by atoms with E-state index in [2.05, 4.69) is 22.1 Å². The van der Waals surface area contributed by atoms with Gasteiger partial charge in [0.05, 0.1) is 19.6 Å². The van der Waals surface area contributed by atoms with Gasteiger partial charge >= 0.3 is 0 Å². The summed E-state index contributed by atoms with van der Waals surface area (Å²) in [5.41, 5.74) is 1.16. The van der Waals surface area contributed by atoms with E-state index in [0.29, 0.717) is 35.3 Å². The van der Waals surface area contributed by atoms with E-state index in [4.69, 9.17) is 20.8 Å². The Morgan fingerprint density at radius 3 is 2.60 bits per heavy atom. The highest BCUT2D eigenvalue weighted by atomic mass is 35.5. The largest absolute Gasteiger partial charge is 0.496 e. The average molecular weight is 495 g/mol. The van der Waals surface area contributed by atoms with Crippen LogP contribution in [0.25, 0.3) is 11.5 Å². The second-order valence-corrected chi connectivity index (χ2v) is 8.66. The summed E-state index contributed by atoms with van der Waals surface area (Å²) in [4.78, 5) is 18.2. The molecule has 4 aromatic rings. The molecule has 8 nitrogen and oxygen atoms in total. The van der Waals surface area contributed by atoms with Gasteiger partial charge in [-0.3, -0.25) is 9.36 Å². The maximum atomic E-state index is 13.8. The van der Waals surface area contributed by atoms with Gasteiger partial charge in [0.1, 0.15) is 11.6 Å². The minimum absolute atomic E-state index is 0.0769.